The van der Waals surface area contributed by atoms with E-state index in [4.69, 9.17) is 24.4 Å². The van der Waals surface area contributed by atoms with Gasteiger partial charge in [0.1, 0.15) is 0 Å². The summed E-state index contributed by atoms with van der Waals surface area (Å²) in [6, 6.07) is 5.75. The molecule has 0 radical (unpaired) electrons. The second-order valence-electron chi connectivity index (χ2n) is 9.25. The summed E-state index contributed by atoms with van der Waals surface area (Å²) in [5.74, 6) is -0.415. The van der Waals surface area contributed by atoms with Crippen LogP contribution in [0.15, 0.2) is 41.9 Å². The van der Waals surface area contributed by atoms with Crippen LogP contribution in [0.2, 0.25) is 0 Å². The first-order valence-corrected chi connectivity index (χ1v) is 12.0. The van der Waals surface area contributed by atoms with Gasteiger partial charge < -0.3 is 15.1 Å². The number of hydrogen-bond acceptors (Lipinski definition) is 3. The summed E-state index contributed by atoms with van der Waals surface area (Å²) in [7, 11) is 0. The molecule has 3 aromatic rings. The number of allylic oxidation sites excluding steroid dienone is 4. The normalized spacial score (nSPS) is 12.7. The van der Waals surface area contributed by atoms with Crippen LogP contribution in [0.3, 0.4) is 0 Å². The summed E-state index contributed by atoms with van der Waals surface area (Å²) in [5.41, 5.74) is 11.0. The molecule has 3 aromatic heterocycles. The zero-order valence-electron chi connectivity index (χ0n) is 21.7. The van der Waals surface area contributed by atoms with Gasteiger partial charge in [-0.1, -0.05) is 54.1 Å². The van der Waals surface area contributed by atoms with Crippen molar-refractivity contribution in [1.29, 1.82) is 0 Å². The Kier molecular flexibility index (Phi) is 7.40. The zero-order valence-corrected chi connectivity index (χ0v) is 22.8. The molecule has 0 aromatic carbocycles. The van der Waals surface area contributed by atoms with Crippen LogP contribution in [-0.4, -0.2) is 21.0 Å². The minimum atomic E-state index is -0.852. The molecule has 0 fully saturated rings. The maximum absolute atomic E-state index is 11.4. The molecule has 0 spiro atoms. The molecule has 7 nitrogen and oxygen atoms in total. The van der Waals surface area contributed by atoms with Gasteiger partial charge in [0.2, 0.25) is 0 Å². The van der Waals surface area contributed by atoms with Crippen molar-refractivity contribution < 1.29 is 31.4 Å². The number of aromatic nitrogens is 4. The van der Waals surface area contributed by atoms with Gasteiger partial charge in [-0.15, -0.1) is 16.6 Å². The van der Waals surface area contributed by atoms with E-state index in [-0.39, 0.29) is 23.5 Å². The summed E-state index contributed by atoms with van der Waals surface area (Å²) >= 11 is 0. The Hall–Kier alpha value is -4.00. The number of carboxylic acids is 1. The summed E-state index contributed by atoms with van der Waals surface area (Å²) in [5, 5.41) is 9.32. The van der Waals surface area contributed by atoms with Crippen molar-refractivity contribution in [1.82, 2.24) is 19.9 Å². The number of rotatable bonds is 5. The molecule has 0 unspecified atom stereocenters. The second kappa shape index (κ2) is 10.4. The summed E-state index contributed by atoms with van der Waals surface area (Å²) in [6.45, 7) is 15.8. The minimum Gasteiger partial charge on any atom is -0.657 e. The van der Waals surface area contributed by atoms with Gasteiger partial charge in [-0.3, -0.25) is 4.79 Å². The molecule has 0 amide bonds. The van der Waals surface area contributed by atoms with Crippen molar-refractivity contribution in [3.63, 3.8) is 0 Å². The van der Waals surface area contributed by atoms with Gasteiger partial charge in [0, 0.05) is 29.1 Å². The van der Waals surface area contributed by atoms with Crippen molar-refractivity contribution in [3.05, 3.63) is 82.7 Å². The van der Waals surface area contributed by atoms with Crippen molar-refractivity contribution in [2.45, 2.75) is 40.5 Å². The SMILES string of the molecule is C=CC1=C(C)c2nc1cc1[n-]c(cc3nc(cc4[n-]c([o+]2)c(C=C)c4C)C(C)=C3)c(CCC(=O)O)c1C.[Fe]. The van der Waals surface area contributed by atoms with Gasteiger partial charge in [-0.05, 0) is 51.8 Å². The first kappa shape index (κ1) is 27.0. The summed E-state index contributed by atoms with van der Waals surface area (Å²) < 4.78 is 6.24. The van der Waals surface area contributed by atoms with Gasteiger partial charge in [0.15, 0.2) is 0 Å². The van der Waals surface area contributed by atoms with Crippen LogP contribution in [0.25, 0.3) is 51.1 Å². The monoisotopic (exact) mass is 547 g/mol. The van der Waals surface area contributed by atoms with Crippen LogP contribution in [0, 0.1) is 13.8 Å². The molecular weight excluding hydrogens is 520 g/mol. The van der Waals surface area contributed by atoms with E-state index >= 15 is 0 Å². The van der Waals surface area contributed by atoms with Gasteiger partial charge in [-0.25, -0.2) is 9.40 Å². The van der Waals surface area contributed by atoms with E-state index in [1.807, 2.05) is 52.0 Å². The molecular formula is C30H27FeN4O3-. The number of hydrogen-bond donors (Lipinski definition) is 1. The van der Waals surface area contributed by atoms with E-state index < -0.39 is 5.97 Å². The number of carbonyl (C=O) groups is 1. The van der Waals surface area contributed by atoms with Crippen molar-refractivity contribution in [3.8, 4) is 0 Å². The molecule has 38 heavy (non-hydrogen) atoms. The molecule has 1 N–H and O–H groups in total. The average molecular weight is 547 g/mol. The summed E-state index contributed by atoms with van der Waals surface area (Å²) in [4.78, 5) is 30.6. The fourth-order valence-corrected chi connectivity index (χ4v) is 4.74. The minimum absolute atomic E-state index is 0. The van der Waals surface area contributed by atoms with Crippen LogP contribution in [0.5, 0.6) is 0 Å². The molecule has 8 bridgehead atoms. The Morgan fingerprint density at radius 3 is 2.37 bits per heavy atom. The van der Waals surface area contributed by atoms with E-state index in [9.17, 15) is 9.90 Å². The molecule has 194 valence electrons. The number of aryl methyl sites for hydroxylation is 3. The van der Waals surface area contributed by atoms with Gasteiger partial charge >= 0.3 is 11.9 Å². The molecule has 0 atom stereocenters. The molecule has 2 aliphatic rings. The Morgan fingerprint density at radius 2 is 1.68 bits per heavy atom. The fraction of sp³-hybridized carbons (Fsp3) is 0.200. The van der Waals surface area contributed by atoms with E-state index in [1.54, 1.807) is 12.2 Å². The standard InChI is InChI=1S/C30H28N4O3.Fe/c1-7-20-18(6)29-34-27(20)14-24-17(5)22(9-10-28(35)36)26(32-24)12-19-11-15(3)23(31-19)13-25-16(4)21(8-2)30(33-25)37-29;/h7-8,11-14H,1-2,9-10H2,3-6H3,(H2-,31,32,33,34,35,36);/p-1. The van der Waals surface area contributed by atoms with Crippen LogP contribution in [0.4, 0.5) is 0 Å². The van der Waals surface area contributed by atoms with Crippen molar-refractivity contribution in [2.24, 2.45) is 0 Å². The largest absolute Gasteiger partial charge is 0.657 e. The molecule has 0 saturated carbocycles. The molecule has 5 rings (SSSR count). The zero-order chi connectivity index (χ0) is 26.4. The first-order chi connectivity index (χ1) is 17.7. The number of carboxylic acid groups (broad SMARTS) is 1. The van der Waals surface area contributed by atoms with Gasteiger partial charge in [0.25, 0.3) is 5.71 Å². The van der Waals surface area contributed by atoms with Crippen LogP contribution in [-0.2, 0) is 28.3 Å². The van der Waals surface area contributed by atoms with Crippen LogP contribution >= 0.6 is 0 Å². The molecule has 2 aliphatic heterocycles. The molecule has 0 aliphatic carbocycles. The Balaban J connectivity index is 0.00000336. The predicted molar refractivity (Wildman–Crippen MR) is 147 cm³/mol. The van der Waals surface area contributed by atoms with Gasteiger partial charge in [0.05, 0.1) is 28.2 Å². The number of aliphatic carboxylic acids is 1. The number of fused-ring (bicyclic) bond motifs is 8. The third-order valence-corrected chi connectivity index (χ3v) is 6.89. The van der Waals surface area contributed by atoms with E-state index in [0.717, 1.165) is 61.4 Å². The Morgan fingerprint density at radius 1 is 0.974 bits per heavy atom. The predicted octanol–water partition coefficient (Wildman–Crippen LogP) is 6.40. The molecule has 8 heteroatoms. The average Bonchev–Trinajstić information content (AvgIpc) is 3.52. The quantitative estimate of drug-likeness (QED) is 0.291. The topological polar surface area (TPSA) is 103 Å². The smallest absolute Gasteiger partial charge is 0.454 e. The first-order valence-electron chi connectivity index (χ1n) is 12.0. The van der Waals surface area contributed by atoms with Crippen molar-refractivity contribution in [2.75, 3.05) is 0 Å². The van der Waals surface area contributed by atoms with E-state index in [1.165, 1.54) is 0 Å². The van der Waals surface area contributed by atoms with E-state index in [0.29, 0.717) is 29.2 Å². The maximum atomic E-state index is 11.4. The van der Waals surface area contributed by atoms with E-state index in [2.05, 4.69) is 13.2 Å². The van der Waals surface area contributed by atoms with Crippen LogP contribution < -0.4 is 9.97 Å². The maximum Gasteiger partial charge on any atom is 0.454 e. The molecule has 5 heterocycles. The Labute approximate surface area is 231 Å². The summed E-state index contributed by atoms with van der Waals surface area (Å²) in [6.07, 6.45) is 5.86. The third kappa shape index (κ3) is 4.69. The molecule has 0 saturated heterocycles. The number of nitrogens with zero attached hydrogens (tertiary/aromatic N) is 4. The van der Waals surface area contributed by atoms with Crippen molar-refractivity contribution >= 4 is 57.1 Å². The fourth-order valence-electron chi connectivity index (χ4n) is 4.74. The van der Waals surface area contributed by atoms with Crippen LogP contribution in [0.1, 0.15) is 65.5 Å². The third-order valence-electron chi connectivity index (χ3n) is 6.89. The second-order valence-corrected chi connectivity index (χ2v) is 9.25. The van der Waals surface area contributed by atoms with Gasteiger partial charge in [-0.2, -0.15) is 4.98 Å². The Bertz CT molecular complexity index is 1740.